The molecule has 10 nitrogen and oxygen atoms in total. The van der Waals surface area contributed by atoms with Crippen LogP contribution in [0.15, 0.2) is 41.6 Å². The van der Waals surface area contributed by atoms with E-state index in [1.54, 1.807) is 21.9 Å². The van der Waals surface area contributed by atoms with Crippen molar-refractivity contribution in [3.05, 3.63) is 42.2 Å². The van der Waals surface area contributed by atoms with Gasteiger partial charge in [-0.05, 0) is 59.1 Å². The second-order valence-corrected chi connectivity index (χ2v) is 12.3. The summed E-state index contributed by atoms with van der Waals surface area (Å²) in [6.45, 7) is 10.6. The lowest BCUT2D eigenvalue weighted by atomic mass is 10.0. The Labute approximate surface area is 219 Å². The highest BCUT2D eigenvalue weighted by Gasteiger charge is 2.39. The summed E-state index contributed by atoms with van der Waals surface area (Å²) >= 11 is 0. The Balaban J connectivity index is 1.73. The Bertz CT molecular complexity index is 1120. The van der Waals surface area contributed by atoms with Gasteiger partial charge in [0.2, 0.25) is 11.8 Å². The molecule has 0 spiro atoms. The van der Waals surface area contributed by atoms with E-state index in [0.717, 1.165) is 9.87 Å². The smallest absolute Gasteiger partial charge is 0.410 e. The van der Waals surface area contributed by atoms with Crippen molar-refractivity contribution in [2.24, 2.45) is 0 Å². The number of nitrogens with one attached hydrogen (secondary N) is 1. The molecule has 0 aliphatic carbocycles. The molecule has 3 amide bonds. The Morgan fingerprint density at radius 3 is 2.32 bits per heavy atom. The zero-order chi connectivity index (χ0) is 27.4. The van der Waals surface area contributed by atoms with Crippen molar-refractivity contribution in [1.29, 1.82) is 0 Å². The maximum absolute atomic E-state index is 13.5. The predicted molar refractivity (Wildman–Crippen MR) is 139 cm³/mol. The molecule has 1 N–H and O–H groups in total. The predicted octanol–water partition coefficient (Wildman–Crippen LogP) is 2.98. The first-order valence-electron chi connectivity index (χ1n) is 12.7. The van der Waals surface area contributed by atoms with E-state index in [4.69, 9.17) is 4.74 Å². The Kier molecular flexibility index (Phi) is 8.88. The van der Waals surface area contributed by atoms with Gasteiger partial charge >= 0.3 is 6.09 Å². The van der Waals surface area contributed by atoms with E-state index in [2.05, 4.69) is 5.32 Å². The highest BCUT2D eigenvalue weighted by Crippen LogP contribution is 2.25. The number of ether oxygens (including phenoxy) is 1. The van der Waals surface area contributed by atoms with Crippen LogP contribution in [-0.2, 0) is 24.3 Å². The van der Waals surface area contributed by atoms with Crippen LogP contribution < -0.4 is 5.32 Å². The quantitative estimate of drug-likeness (QED) is 0.575. The van der Waals surface area contributed by atoms with Crippen molar-refractivity contribution in [3.63, 3.8) is 0 Å². The van der Waals surface area contributed by atoms with Crippen molar-refractivity contribution in [3.8, 4) is 0 Å². The molecule has 1 aromatic carbocycles. The summed E-state index contributed by atoms with van der Waals surface area (Å²) in [5, 5.41) is 2.53. The number of aryl methyl sites for hydroxylation is 1. The van der Waals surface area contributed by atoms with E-state index in [1.807, 2.05) is 34.6 Å². The van der Waals surface area contributed by atoms with Gasteiger partial charge in [-0.15, -0.1) is 0 Å². The third-order valence-corrected chi connectivity index (χ3v) is 8.16. The summed E-state index contributed by atoms with van der Waals surface area (Å²) in [6, 6.07) is 5.04. The summed E-state index contributed by atoms with van der Waals surface area (Å²) in [5.74, 6) is -0.847. The lowest BCUT2D eigenvalue weighted by Gasteiger charge is -2.40. The molecule has 2 heterocycles. The lowest BCUT2D eigenvalue weighted by molar-refractivity contribution is -0.138. The van der Waals surface area contributed by atoms with Crippen LogP contribution in [0, 0.1) is 6.92 Å². The Morgan fingerprint density at radius 1 is 1.14 bits per heavy atom. The molecule has 1 saturated heterocycles. The van der Waals surface area contributed by atoms with Gasteiger partial charge in [-0.2, -0.15) is 0 Å². The van der Waals surface area contributed by atoms with Crippen LogP contribution in [0.2, 0.25) is 0 Å². The number of hydrogen-bond acceptors (Lipinski definition) is 6. The summed E-state index contributed by atoms with van der Waals surface area (Å²) < 4.78 is 33.1. The second-order valence-electron chi connectivity index (χ2n) is 10.5. The van der Waals surface area contributed by atoms with E-state index in [-0.39, 0.29) is 29.4 Å². The van der Waals surface area contributed by atoms with E-state index in [9.17, 15) is 22.8 Å². The van der Waals surface area contributed by atoms with Crippen LogP contribution in [0.3, 0.4) is 0 Å². The molecule has 2 aliphatic rings. The van der Waals surface area contributed by atoms with Crippen LogP contribution in [0.1, 0.15) is 58.9 Å². The fraction of sp³-hybridized carbons (Fsp3) is 0.577. The summed E-state index contributed by atoms with van der Waals surface area (Å²) in [6.07, 6.45) is 3.76. The zero-order valence-electron chi connectivity index (χ0n) is 22.3. The van der Waals surface area contributed by atoms with Gasteiger partial charge in [0.15, 0.2) is 0 Å². The molecular weight excluding hydrogens is 496 g/mol. The van der Waals surface area contributed by atoms with Gasteiger partial charge in [-0.25, -0.2) is 13.2 Å². The zero-order valence-corrected chi connectivity index (χ0v) is 23.1. The molecule has 0 aromatic heterocycles. The van der Waals surface area contributed by atoms with Crippen molar-refractivity contribution in [2.75, 3.05) is 19.6 Å². The van der Waals surface area contributed by atoms with Gasteiger partial charge in [-0.1, -0.05) is 24.6 Å². The maximum Gasteiger partial charge on any atom is 0.410 e. The molecule has 0 saturated carbocycles. The molecule has 1 fully saturated rings. The largest absolute Gasteiger partial charge is 0.444 e. The van der Waals surface area contributed by atoms with E-state index in [0.29, 0.717) is 38.9 Å². The van der Waals surface area contributed by atoms with E-state index < -0.39 is 27.6 Å². The molecule has 11 heteroatoms. The summed E-state index contributed by atoms with van der Waals surface area (Å²) in [7, 11) is -4.04. The average Bonchev–Trinajstić information content (AvgIpc) is 2.83. The molecule has 0 unspecified atom stereocenters. The average molecular weight is 535 g/mol. The van der Waals surface area contributed by atoms with Crippen molar-refractivity contribution < 1.29 is 27.5 Å². The summed E-state index contributed by atoms with van der Waals surface area (Å²) in [5.41, 5.74) is 0.323. The number of piperidine rings is 1. The molecule has 3 rings (SSSR count). The molecule has 1 atom stereocenters. The molecule has 0 bridgehead atoms. The van der Waals surface area contributed by atoms with Crippen molar-refractivity contribution >= 4 is 27.9 Å². The number of amides is 3. The van der Waals surface area contributed by atoms with Gasteiger partial charge < -0.3 is 19.9 Å². The van der Waals surface area contributed by atoms with E-state index >= 15 is 0 Å². The lowest BCUT2D eigenvalue weighted by Crippen LogP contribution is -2.54. The number of nitrogens with zero attached hydrogens (tertiary/aromatic N) is 3. The molecule has 37 heavy (non-hydrogen) atoms. The van der Waals surface area contributed by atoms with Crippen molar-refractivity contribution in [1.82, 2.24) is 19.4 Å². The molecule has 0 radical (unpaired) electrons. The number of hydrogen-bond donors (Lipinski definition) is 1. The minimum Gasteiger partial charge on any atom is -0.444 e. The number of carbonyl (C=O) groups is 3. The molecule has 204 valence electrons. The highest BCUT2D eigenvalue weighted by molar-refractivity contribution is 7.89. The SMILES string of the molecule is CCCN(C(=O)C[C@@H]1C(=O)NC=CN1S(=O)(=O)c1ccc(C)cc1)C1CCN(C(=O)OC(C)(C)C)CC1. The normalized spacial score (nSPS) is 18.9. The van der Waals surface area contributed by atoms with Crippen LogP contribution in [0.5, 0.6) is 0 Å². The van der Waals surface area contributed by atoms with Crippen LogP contribution in [0.25, 0.3) is 0 Å². The van der Waals surface area contributed by atoms with Gasteiger partial charge in [0, 0.05) is 38.1 Å². The van der Waals surface area contributed by atoms with E-state index in [1.165, 1.54) is 24.5 Å². The number of benzene rings is 1. The third kappa shape index (κ3) is 7.03. The monoisotopic (exact) mass is 534 g/mol. The number of likely N-dealkylation sites (tertiary alicyclic amines) is 1. The third-order valence-electron chi connectivity index (χ3n) is 6.36. The first-order valence-corrected chi connectivity index (χ1v) is 14.1. The Hall–Kier alpha value is -3.08. The van der Waals surface area contributed by atoms with Crippen LogP contribution in [0.4, 0.5) is 4.79 Å². The second kappa shape index (κ2) is 11.5. The number of sulfonamides is 1. The molecule has 1 aromatic rings. The first-order chi connectivity index (χ1) is 17.3. The topological polar surface area (TPSA) is 116 Å². The van der Waals surface area contributed by atoms with Gasteiger partial charge in [0.25, 0.3) is 10.0 Å². The van der Waals surface area contributed by atoms with Gasteiger partial charge in [0.05, 0.1) is 11.3 Å². The molecular formula is C26H38N4O6S. The maximum atomic E-state index is 13.5. The first kappa shape index (κ1) is 28.5. The van der Waals surface area contributed by atoms with Gasteiger partial charge in [0.1, 0.15) is 11.6 Å². The highest BCUT2D eigenvalue weighted by atomic mass is 32.2. The van der Waals surface area contributed by atoms with Crippen LogP contribution in [-0.4, -0.2) is 77.7 Å². The minimum atomic E-state index is -4.04. The summed E-state index contributed by atoms with van der Waals surface area (Å²) in [4.78, 5) is 42.1. The standard InChI is InChI=1S/C26H38N4O6S/c1-6-14-29(20-11-15-28(16-12-20)25(33)36-26(3,4)5)23(31)18-22-24(32)27-13-17-30(22)37(34,35)21-9-7-19(2)8-10-21/h7-10,13,17,20,22H,6,11-12,14-16,18H2,1-5H3,(H,27,32)/t22-/m1/s1. The Morgan fingerprint density at radius 2 is 1.76 bits per heavy atom. The number of carbonyl (C=O) groups excluding carboxylic acids is 3. The minimum absolute atomic E-state index is 0.0508. The van der Waals surface area contributed by atoms with Crippen molar-refractivity contribution in [2.45, 2.75) is 82.9 Å². The number of rotatable bonds is 7. The fourth-order valence-corrected chi connectivity index (χ4v) is 5.94. The van der Waals surface area contributed by atoms with Gasteiger partial charge in [-0.3, -0.25) is 13.9 Å². The fourth-order valence-electron chi connectivity index (χ4n) is 4.49. The molecule has 2 aliphatic heterocycles. The van der Waals surface area contributed by atoms with Crippen LogP contribution >= 0.6 is 0 Å².